The van der Waals surface area contributed by atoms with Gasteiger partial charge in [0.15, 0.2) is 11.5 Å². The van der Waals surface area contributed by atoms with Crippen LogP contribution in [0.2, 0.25) is 5.02 Å². The van der Waals surface area contributed by atoms with Gasteiger partial charge in [0.25, 0.3) is 11.7 Å². The number of ketones is 1. The Kier molecular flexibility index (Phi) is 5.88. The molecule has 32 heavy (non-hydrogen) atoms. The monoisotopic (exact) mass is 449 g/mol. The molecule has 162 valence electrons. The summed E-state index contributed by atoms with van der Waals surface area (Å²) in [5.74, 6) is -0.941. The third-order valence-corrected chi connectivity index (χ3v) is 5.57. The number of aliphatic hydroxyl groups is 1. The quantitative estimate of drug-likeness (QED) is 0.337. The molecular formula is C25H20ClNO5. The molecule has 6 nitrogen and oxygen atoms in total. The molecule has 3 aromatic rings. The number of hydrogen-bond acceptors (Lipinski definition) is 5. The van der Waals surface area contributed by atoms with Crippen LogP contribution in [-0.2, 0) is 9.59 Å². The molecule has 1 unspecified atom stereocenters. The van der Waals surface area contributed by atoms with Gasteiger partial charge in [-0.15, -0.1) is 0 Å². The highest BCUT2D eigenvalue weighted by atomic mass is 35.5. The molecule has 0 spiro atoms. The fourth-order valence-electron chi connectivity index (χ4n) is 3.79. The van der Waals surface area contributed by atoms with Crippen LogP contribution in [0.1, 0.15) is 17.2 Å². The van der Waals surface area contributed by atoms with Gasteiger partial charge in [0.05, 0.1) is 25.8 Å². The lowest BCUT2D eigenvalue weighted by atomic mass is 9.95. The van der Waals surface area contributed by atoms with Crippen LogP contribution >= 0.6 is 11.6 Å². The van der Waals surface area contributed by atoms with E-state index in [2.05, 4.69) is 0 Å². The van der Waals surface area contributed by atoms with Gasteiger partial charge in [-0.2, -0.15) is 0 Å². The number of Topliss-reactive ketones (excluding diaryl/α,β-unsaturated/α-hetero) is 1. The minimum absolute atomic E-state index is 0.0108. The summed E-state index contributed by atoms with van der Waals surface area (Å²) in [6.45, 7) is 0. The Bertz CT molecular complexity index is 1200. The van der Waals surface area contributed by atoms with E-state index in [1.807, 2.05) is 18.2 Å². The van der Waals surface area contributed by atoms with Crippen molar-refractivity contribution in [2.24, 2.45) is 0 Å². The van der Waals surface area contributed by atoms with Gasteiger partial charge in [0, 0.05) is 16.3 Å². The molecule has 0 aliphatic carbocycles. The number of carbonyl (C=O) groups excluding carboxylic acids is 2. The van der Waals surface area contributed by atoms with Gasteiger partial charge in [-0.25, -0.2) is 0 Å². The predicted molar refractivity (Wildman–Crippen MR) is 122 cm³/mol. The lowest BCUT2D eigenvalue weighted by molar-refractivity contribution is -0.132. The van der Waals surface area contributed by atoms with E-state index >= 15 is 0 Å². The zero-order valence-corrected chi connectivity index (χ0v) is 18.2. The number of benzene rings is 3. The SMILES string of the molecule is COc1ccc(/C(O)=C2/C(=O)C(=O)N(c3ccc(Cl)cc3)C2c2ccccc2)cc1OC. The fraction of sp³-hybridized carbons (Fsp3) is 0.120. The van der Waals surface area contributed by atoms with E-state index in [0.717, 1.165) is 0 Å². The highest BCUT2D eigenvalue weighted by Crippen LogP contribution is 2.43. The summed E-state index contributed by atoms with van der Waals surface area (Å²) in [7, 11) is 2.98. The number of nitrogens with zero attached hydrogens (tertiary/aromatic N) is 1. The van der Waals surface area contributed by atoms with Crippen molar-refractivity contribution in [3.63, 3.8) is 0 Å². The third kappa shape index (κ3) is 3.69. The van der Waals surface area contributed by atoms with Crippen molar-refractivity contribution >= 4 is 34.7 Å². The average Bonchev–Trinajstić information content (AvgIpc) is 3.09. The lowest BCUT2D eigenvalue weighted by Crippen LogP contribution is -2.29. The topological polar surface area (TPSA) is 76.1 Å². The zero-order chi connectivity index (χ0) is 22.8. The van der Waals surface area contributed by atoms with E-state index < -0.39 is 17.7 Å². The van der Waals surface area contributed by atoms with Crippen molar-refractivity contribution in [2.45, 2.75) is 6.04 Å². The van der Waals surface area contributed by atoms with Crippen LogP contribution in [0.15, 0.2) is 78.4 Å². The molecule has 0 radical (unpaired) electrons. The van der Waals surface area contributed by atoms with Gasteiger partial charge in [-0.1, -0.05) is 41.9 Å². The number of halogens is 1. The summed E-state index contributed by atoms with van der Waals surface area (Å²) in [4.78, 5) is 27.6. The van der Waals surface area contributed by atoms with Crippen molar-refractivity contribution in [1.29, 1.82) is 0 Å². The van der Waals surface area contributed by atoms with Crippen molar-refractivity contribution in [3.05, 3.63) is 94.5 Å². The van der Waals surface area contributed by atoms with Crippen molar-refractivity contribution < 1.29 is 24.2 Å². The normalized spacial score (nSPS) is 17.5. The molecule has 0 saturated carbocycles. The summed E-state index contributed by atoms with van der Waals surface area (Å²) in [6.07, 6.45) is 0. The van der Waals surface area contributed by atoms with E-state index in [9.17, 15) is 14.7 Å². The molecule has 0 aromatic heterocycles. The smallest absolute Gasteiger partial charge is 0.300 e. The predicted octanol–water partition coefficient (Wildman–Crippen LogP) is 4.98. The first-order valence-electron chi connectivity index (χ1n) is 9.80. The number of ether oxygens (including phenoxy) is 2. The Morgan fingerprint density at radius 1 is 0.906 bits per heavy atom. The summed E-state index contributed by atoms with van der Waals surface area (Å²) < 4.78 is 10.6. The highest BCUT2D eigenvalue weighted by molar-refractivity contribution is 6.51. The number of rotatable bonds is 5. The van der Waals surface area contributed by atoms with Crippen LogP contribution in [0.3, 0.4) is 0 Å². The van der Waals surface area contributed by atoms with Gasteiger partial charge >= 0.3 is 0 Å². The minimum atomic E-state index is -0.814. The maximum atomic E-state index is 13.1. The largest absolute Gasteiger partial charge is 0.507 e. The molecular weight excluding hydrogens is 430 g/mol. The van der Waals surface area contributed by atoms with Crippen molar-refractivity contribution in [3.8, 4) is 11.5 Å². The van der Waals surface area contributed by atoms with Gasteiger partial charge < -0.3 is 14.6 Å². The third-order valence-electron chi connectivity index (χ3n) is 5.32. The zero-order valence-electron chi connectivity index (χ0n) is 17.4. The number of methoxy groups -OCH3 is 2. The number of carbonyl (C=O) groups is 2. The number of hydrogen-bond donors (Lipinski definition) is 1. The molecule has 1 saturated heterocycles. The molecule has 1 aliphatic heterocycles. The fourth-order valence-corrected chi connectivity index (χ4v) is 3.92. The summed E-state index contributed by atoms with van der Waals surface area (Å²) in [5, 5.41) is 11.7. The van der Waals surface area contributed by atoms with E-state index in [-0.39, 0.29) is 11.3 Å². The van der Waals surface area contributed by atoms with Gasteiger partial charge in [-0.05, 0) is 48.0 Å². The van der Waals surface area contributed by atoms with Crippen LogP contribution in [-0.4, -0.2) is 31.0 Å². The number of amides is 1. The van der Waals surface area contributed by atoms with E-state index in [4.69, 9.17) is 21.1 Å². The maximum absolute atomic E-state index is 13.1. The molecule has 1 aliphatic rings. The first kappa shape index (κ1) is 21.5. The van der Waals surface area contributed by atoms with Gasteiger partial charge in [-0.3, -0.25) is 14.5 Å². The van der Waals surface area contributed by atoms with Gasteiger partial charge in [0.1, 0.15) is 5.76 Å². The molecule has 4 rings (SSSR count). The van der Waals surface area contributed by atoms with E-state index in [1.165, 1.54) is 19.1 Å². The Morgan fingerprint density at radius 2 is 1.56 bits per heavy atom. The summed E-state index contributed by atoms with van der Waals surface area (Å²) in [6, 6.07) is 19.7. The van der Waals surface area contributed by atoms with Crippen LogP contribution in [0.4, 0.5) is 5.69 Å². The van der Waals surface area contributed by atoms with Crippen molar-refractivity contribution in [2.75, 3.05) is 19.1 Å². The molecule has 0 bridgehead atoms. The van der Waals surface area contributed by atoms with Crippen LogP contribution < -0.4 is 14.4 Å². The molecule has 1 amide bonds. The molecule has 1 fully saturated rings. The first-order valence-corrected chi connectivity index (χ1v) is 10.2. The lowest BCUT2D eigenvalue weighted by Gasteiger charge is -2.25. The second-order valence-electron chi connectivity index (χ2n) is 7.13. The molecule has 1 N–H and O–H groups in total. The molecule has 1 atom stereocenters. The van der Waals surface area contributed by atoms with Crippen LogP contribution in [0, 0.1) is 0 Å². The summed E-state index contributed by atoms with van der Waals surface area (Å²) in [5.41, 5.74) is 1.50. The van der Waals surface area contributed by atoms with Crippen LogP contribution in [0.25, 0.3) is 5.76 Å². The summed E-state index contributed by atoms with van der Waals surface area (Å²) >= 11 is 6.01. The number of aliphatic hydroxyl groups excluding tert-OH is 1. The average molecular weight is 450 g/mol. The van der Waals surface area contributed by atoms with Crippen molar-refractivity contribution in [1.82, 2.24) is 0 Å². The number of anilines is 1. The highest BCUT2D eigenvalue weighted by Gasteiger charge is 2.46. The molecule has 1 heterocycles. The standard InChI is InChI=1S/C25H20ClNO5/c1-31-19-13-8-16(14-20(19)32-2)23(28)21-22(15-6-4-3-5-7-15)27(25(30)24(21)29)18-11-9-17(26)10-12-18/h3-14,22,28H,1-2H3/b23-21-. The first-order chi connectivity index (χ1) is 15.5. The maximum Gasteiger partial charge on any atom is 0.300 e. The Hall–Kier alpha value is -3.77. The van der Waals surface area contributed by atoms with E-state index in [0.29, 0.717) is 33.3 Å². The van der Waals surface area contributed by atoms with E-state index in [1.54, 1.807) is 54.6 Å². The second-order valence-corrected chi connectivity index (χ2v) is 7.56. The minimum Gasteiger partial charge on any atom is -0.507 e. The Labute approximate surface area is 190 Å². The molecule has 7 heteroatoms. The Balaban J connectivity index is 1.92. The second kappa shape index (κ2) is 8.77. The molecule has 3 aromatic carbocycles. The Morgan fingerprint density at radius 3 is 2.19 bits per heavy atom. The van der Waals surface area contributed by atoms with Gasteiger partial charge in [0.2, 0.25) is 0 Å². The van der Waals surface area contributed by atoms with Crippen LogP contribution in [0.5, 0.6) is 11.5 Å².